The molecule has 7 heteroatoms. The van der Waals surface area contributed by atoms with Gasteiger partial charge in [0.25, 0.3) is 5.92 Å². The highest BCUT2D eigenvalue weighted by atomic mass is 19.3. The molecule has 1 aromatic rings. The van der Waals surface area contributed by atoms with E-state index in [0.717, 1.165) is 62.2 Å². The molecule has 3 heterocycles. The molecular formula is C21H34F2N4O. The number of ether oxygens (including phenoxy) is 1. The maximum Gasteiger partial charge on any atom is 0.272 e. The Morgan fingerprint density at radius 2 is 2.00 bits per heavy atom. The Morgan fingerprint density at radius 1 is 1.29 bits per heavy atom. The lowest BCUT2D eigenvalue weighted by molar-refractivity contribution is -0.0296. The van der Waals surface area contributed by atoms with Crippen molar-refractivity contribution >= 4 is 0 Å². The van der Waals surface area contributed by atoms with Gasteiger partial charge in [-0.15, -0.1) is 0 Å². The Balaban J connectivity index is 1.55. The Bertz CT molecular complexity index is 722. The van der Waals surface area contributed by atoms with Crippen molar-refractivity contribution in [1.82, 2.24) is 14.7 Å². The normalized spacial score (nSPS) is 31.0. The van der Waals surface area contributed by atoms with Crippen LogP contribution in [-0.2, 0) is 24.2 Å². The molecule has 0 aromatic carbocycles. The summed E-state index contributed by atoms with van der Waals surface area (Å²) in [6, 6.07) is 0. The Labute approximate surface area is 166 Å². The fourth-order valence-electron chi connectivity index (χ4n) is 5.62. The van der Waals surface area contributed by atoms with Crippen LogP contribution in [0.1, 0.15) is 68.8 Å². The van der Waals surface area contributed by atoms with Crippen molar-refractivity contribution in [2.45, 2.75) is 82.9 Å². The zero-order chi connectivity index (χ0) is 20.2. The molecule has 1 aromatic heterocycles. The van der Waals surface area contributed by atoms with Crippen molar-refractivity contribution in [3.05, 3.63) is 17.0 Å². The average molecular weight is 397 g/mol. The van der Waals surface area contributed by atoms with Crippen molar-refractivity contribution in [2.24, 2.45) is 11.1 Å². The minimum absolute atomic E-state index is 0.00320. The number of likely N-dealkylation sites (N-methyl/N-ethyl adjacent to an activating group) is 1. The van der Waals surface area contributed by atoms with E-state index in [1.807, 2.05) is 7.05 Å². The summed E-state index contributed by atoms with van der Waals surface area (Å²) in [6.07, 6.45) is 4.94. The fourth-order valence-corrected chi connectivity index (χ4v) is 5.62. The third kappa shape index (κ3) is 3.85. The summed E-state index contributed by atoms with van der Waals surface area (Å²) < 4.78 is 35.9. The summed E-state index contributed by atoms with van der Waals surface area (Å²) >= 11 is 0. The number of nitrogens with two attached hydrogens (primary N) is 1. The van der Waals surface area contributed by atoms with Crippen LogP contribution in [0.4, 0.5) is 8.78 Å². The van der Waals surface area contributed by atoms with Gasteiger partial charge in [-0.1, -0.05) is 13.8 Å². The van der Waals surface area contributed by atoms with Crippen molar-refractivity contribution in [2.75, 3.05) is 26.7 Å². The molecule has 0 bridgehead atoms. The van der Waals surface area contributed by atoms with E-state index < -0.39 is 5.92 Å². The lowest BCUT2D eigenvalue weighted by Gasteiger charge is -2.37. The predicted molar refractivity (Wildman–Crippen MR) is 105 cm³/mol. The van der Waals surface area contributed by atoms with Gasteiger partial charge in [-0.3, -0.25) is 9.58 Å². The van der Waals surface area contributed by atoms with Gasteiger partial charge in [0, 0.05) is 30.9 Å². The highest BCUT2D eigenvalue weighted by molar-refractivity contribution is 5.34. The van der Waals surface area contributed by atoms with Crippen LogP contribution >= 0.6 is 0 Å². The maximum absolute atomic E-state index is 14.1. The molecule has 0 atom stereocenters. The van der Waals surface area contributed by atoms with Crippen LogP contribution in [-0.4, -0.2) is 52.9 Å². The van der Waals surface area contributed by atoms with E-state index in [1.54, 1.807) is 4.68 Å². The van der Waals surface area contributed by atoms with Crippen molar-refractivity contribution in [3.8, 4) is 0 Å². The topological polar surface area (TPSA) is 56.3 Å². The van der Waals surface area contributed by atoms with E-state index >= 15 is 0 Å². The number of hydrogen-bond acceptors (Lipinski definition) is 4. The molecule has 0 radical (unpaired) electrons. The second-order valence-corrected chi connectivity index (χ2v) is 10.1. The molecule has 1 saturated heterocycles. The summed E-state index contributed by atoms with van der Waals surface area (Å²) in [5.74, 6) is -2.37. The van der Waals surface area contributed by atoms with Gasteiger partial charge < -0.3 is 10.5 Å². The zero-order valence-corrected chi connectivity index (χ0v) is 17.4. The van der Waals surface area contributed by atoms with Gasteiger partial charge in [-0.2, -0.15) is 5.10 Å². The van der Waals surface area contributed by atoms with Gasteiger partial charge in [0.2, 0.25) is 0 Å². The molecule has 0 amide bonds. The fraction of sp³-hybridized carbons (Fsp3) is 0.857. The molecule has 2 N–H and O–H groups in total. The van der Waals surface area contributed by atoms with Crippen LogP contribution in [0.5, 0.6) is 0 Å². The van der Waals surface area contributed by atoms with Crippen molar-refractivity contribution < 1.29 is 13.5 Å². The number of halogens is 2. The average Bonchev–Trinajstić information content (AvgIpc) is 3.16. The molecule has 2 fully saturated rings. The smallest absolute Gasteiger partial charge is 0.272 e. The van der Waals surface area contributed by atoms with E-state index in [9.17, 15) is 8.78 Å². The SMILES string of the molecule is CN(CCN)Cc1nn2c(c1[C@H]1CC[C@@]3(CC1)CC(C)(C)CO3)CC(F)(F)C2. The first-order valence-corrected chi connectivity index (χ1v) is 10.6. The van der Waals surface area contributed by atoms with Gasteiger partial charge in [0.1, 0.15) is 6.54 Å². The van der Waals surface area contributed by atoms with Gasteiger partial charge in [-0.25, -0.2) is 8.78 Å². The third-order valence-electron chi connectivity index (χ3n) is 6.79. The van der Waals surface area contributed by atoms with Crippen LogP contribution in [0.15, 0.2) is 0 Å². The molecule has 28 heavy (non-hydrogen) atoms. The second kappa shape index (κ2) is 7.03. The molecule has 3 aliphatic rings. The molecule has 5 nitrogen and oxygen atoms in total. The monoisotopic (exact) mass is 396 g/mol. The molecule has 158 valence electrons. The highest BCUT2D eigenvalue weighted by Gasteiger charge is 2.48. The third-order valence-corrected chi connectivity index (χ3v) is 6.79. The second-order valence-electron chi connectivity index (χ2n) is 10.1. The lowest BCUT2D eigenvalue weighted by Crippen LogP contribution is -2.34. The Morgan fingerprint density at radius 3 is 2.61 bits per heavy atom. The largest absolute Gasteiger partial charge is 0.374 e. The number of alkyl halides is 2. The summed E-state index contributed by atoms with van der Waals surface area (Å²) in [5, 5.41) is 4.62. The predicted octanol–water partition coefficient (Wildman–Crippen LogP) is 3.31. The summed E-state index contributed by atoms with van der Waals surface area (Å²) in [5.41, 5.74) is 8.73. The van der Waals surface area contributed by atoms with Gasteiger partial charge in [-0.05, 0) is 50.5 Å². The summed E-state index contributed by atoms with van der Waals surface area (Å²) in [6.45, 7) is 7.10. The minimum atomic E-state index is -2.67. The van der Waals surface area contributed by atoms with Crippen LogP contribution in [0.2, 0.25) is 0 Å². The first-order valence-electron chi connectivity index (χ1n) is 10.6. The number of nitrogens with zero attached hydrogens (tertiary/aromatic N) is 3. The lowest BCUT2D eigenvalue weighted by atomic mass is 9.71. The van der Waals surface area contributed by atoms with Gasteiger partial charge in [0.15, 0.2) is 0 Å². The molecule has 2 aliphatic heterocycles. The van der Waals surface area contributed by atoms with Gasteiger partial charge in [0.05, 0.1) is 24.3 Å². The molecule has 0 unspecified atom stereocenters. The number of aromatic nitrogens is 2. The number of fused-ring (bicyclic) bond motifs is 1. The first kappa shape index (κ1) is 20.2. The number of rotatable bonds is 5. The van der Waals surface area contributed by atoms with E-state index in [4.69, 9.17) is 10.5 Å². The summed E-state index contributed by atoms with van der Waals surface area (Å²) in [7, 11) is 2.01. The minimum Gasteiger partial charge on any atom is -0.374 e. The van der Waals surface area contributed by atoms with Gasteiger partial charge >= 0.3 is 0 Å². The standard InChI is InChI=1S/C21H34F2N4O/c1-19(2)12-20(28-14-19)6-4-15(5-7-20)18-16(11-26(3)9-8-24)25-27-13-21(22,23)10-17(18)27/h15H,4-14,24H2,1-3H3/t15-,20+. The summed E-state index contributed by atoms with van der Waals surface area (Å²) in [4.78, 5) is 2.13. The molecular weight excluding hydrogens is 362 g/mol. The first-order chi connectivity index (χ1) is 13.1. The van der Waals surface area contributed by atoms with Crippen LogP contribution in [0.3, 0.4) is 0 Å². The maximum atomic E-state index is 14.1. The van der Waals surface area contributed by atoms with E-state index in [2.05, 4.69) is 23.8 Å². The number of hydrogen-bond donors (Lipinski definition) is 1. The van der Waals surface area contributed by atoms with Crippen LogP contribution in [0.25, 0.3) is 0 Å². The molecule has 1 saturated carbocycles. The molecule has 1 aliphatic carbocycles. The quantitative estimate of drug-likeness (QED) is 0.830. The van der Waals surface area contributed by atoms with E-state index in [1.165, 1.54) is 0 Å². The Kier molecular flexibility index (Phi) is 5.08. The van der Waals surface area contributed by atoms with Crippen LogP contribution in [0, 0.1) is 5.41 Å². The molecule has 1 spiro atoms. The highest BCUT2D eigenvalue weighted by Crippen LogP contribution is 2.51. The van der Waals surface area contributed by atoms with Crippen molar-refractivity contribution in [1.29, 1.82) is 0 Å². The van der Waals surface area contributed by atoms with E-state index in [0.29, 0.717) is 19.0 Å². The molecule has 4 rings (SSSR count). The Hall–Kier alpha value is -1.05. The van der Waals surface area contributed by atoms with Crippen molar-refractivity contribution in [3.63, 3.8) is 0 Å². The zero-order valence-electron chi connectivity index (χ0n) is 17.4. The van der Waals surface area contributed by atoms with E-state index in [-0.39, 0.29) is 24.0 Å². The van der Waals surface area contributed by atoms with Crippen LogP contribution < -0.4 is 5.73 Å².